The minimum atomic E-state index is -0.246. The minimum absolute atomic E-state index is 0.0224. The highest BCUT2D eigenvalue weighted by Gasteiger charge is 2.56. The zero-order chi connectivity index (χ0) is 22.6. The third-order valence-corrected chi connectivity index (χ3v) is 9.50. The molecule has 0 amide bonds. The summed E-state index contributed by atoms with van der Waals surface area (Å²) >= 11 is 3.48. The first kappa shape index (κ1) is 21.9. The van der Waals surface area contributed by atoms with Crippen LogP contribution in [0.1, 0.15) is 63.5 Å². The first-order chi connectivity index (χ1) is 15.3. The van der Waals surface area contributed by atoms with Crippen molar-refractivity contribution in [2.45, 2.75) is 71.4 Å². The lowest BCUT2D eigenvalue weighted by Crippen LogP contribution is -2.58. The van der Waals surface area contributed by atoms with E-state index in [9.17, 15) is 9.59 Å². The van der Waals surface area contributed by atoms with E-state index in [-0.39, 0.29) is 23.8 Å². The average molecular weight is 498 g/mol. The van der Waals surface area contributed by atoms with E-state index in [1.807, 2.05) is 6.07 Å². The predicted molar refractivity (Wildman–Crippen MR) is 130 cm³/mol. The molecular formula is C26H32BrN3O2. The van der Waals surface area contributed by atoms with E-state index < -0.39 is 0 Å². The minimum Gasteiger partial charge on any atom is -0.380 e. The molecule has 0 saturated heterocycles. The van der Waals surface area contributed by atoms with E-state index in [1.54, 1.807) is 6.20 Å². The lowest BCUT2D eigenvalue weighted by atomic mass is 9.45. The van der Waals surface area contributed by atoms with Crippen molar-refractivity contribution in [3.8, 4) is 0 Å². The van der Waals surface area contributed by atoms with Gasteiger partial charge < -0.3 is 5.32 Å². The molecule has 1 N–H and O–H groups in total. The normalized spacial score (nSPS) is 29.8. The van der Waals surface area contributed by atoms with Crippen LogP contribution in [-0.4, -0.2) is 21.6 Å². The summed E-state index contributed by atoms with van der Waals surface area (Å²) in [6.07, 6.45) is 6.63. The number of anilines is 1. The Kier molecular flexibility index (Phi) is 5.55. The molecule has 6 heteroatoms. The van der Waals surface area contributed by atoms with Crippen LogP contribution in [0.5, 0.6) is 0 Å². The van der Waals surface area contributed by atoms with Gasteiger partial charge in [0.25, 0.3) is 5.56 Å². The molecule has 2 bridgehead atoms. The van der Waals surface area contributed by atoms with Gasteiger partial charge in [-0.05, 0) is 81.8 Å². The molecule has 3 saturated carbocycles. The Morgan fingerprint density at radius 1 is 1.28 bits per heavy atom. The number of benzene rings is 1. The molecule has 1 aromatic carbocycles. The Balaban J connectivity index is 1.25. The van der Waals surface area contributed by atoms with Crippen molar-refractivity contribution in [2.24, 2.45) is 23.2 Å². The van der Waals surface area contributed by atoms with Gasteiger partial charge in [-0.3, -0.25) is 9.59 Å². The molecular weight excluding hydrogens is 466 g/mol. The molecule has 1 aromatic heterocycles. The van der Waals surface area contributed by atoms with Gasteiger partial charge in [-0.25, -0.2) is 4.68 Å². The maximum absolute atomic E-state index is 12.9. The third-order valence-electron chi connectivity index (χ3n) is 8.74. The van der Waals surface area contributed by atoms with Gasteiger partial charge in [-0.15, -0.1) is 0 Å². The largest absolute Gasteiger partial charge is 0.380 e. The number of nitrogens with zero attached hydrogens (tertiary/aromatic N) is 2. The van der Waals surface area contributed by atoms with Crippen LogP contribution < -0.4 is 10.9 Å². The topological polar surface area (TPSA) is 64.0 Å². The smallest absolute Gasteiger partial charge is 0.283 e. The summed E-state index contributed by atoms with van der Waals surface area (Å²) in [4.78, 5) is 25.7. The summed E-state index contributed by atoms with van der Waals surface area (Å²) in [5.41, 5.74) is 3.54. The van der Waals surface area contributed by atoms with Crippen molar-refractivity contribution in [3.05, 3.63) is 56.4 Å². The maximum atomic E-state index is 12.9. The Morgan fingerprint density at radius 2 is 2.06 bits per heavy atom. The number of nitrogens with one attached hydrogen (secondary N) is 1. The van der Waals surface area contributed by atoms with E-state index in [0.717, 1.165) is 36.8 Å². The number of ketones is 1. The first-order valence-electron chi connectivity index (χ1n) is 11.9. The molecule has 0 spiro atoms. The van der Waals surface area contributed by atoms with E-state index in [1.165, 1.54) is 22.2 Å². The van der Waals surface area contributed by atoms with Gasteiger partial charge in [0.15, 0.2) is 5.78 Å². The molecule has 1 unspecified atom stereocenters. The number of fused-ring (bicyclic) bond motifs is 3. The molecule has 5 nitrogen and oxygen atoms in total. The number of rotatable bonds is 6. The highest BCUT2D eigenvalue weighted by molar-refractivity contribution is 9.10. The van der Waals surface area contributed by atoms with Gasteiger partial charge in [-0.1, -0.05) is 45.0 Å². The van der Waals surface area contributed by atoms with Crippen molar-refractivity contribution >= 4 is 27.4 Å². The number of halogens is 1. The Bertz CT molecular complexity index is 1110. The fourth-order valence-corrected chi connectivity index (χ4v) is 7.00. The van der Waals surface area contributed by atoms with E-state index in [0.29, 0.717) is 28.3 Å². The summed E-state index contributed by atoms with van der Waals surface area (Å²) in [5.74, 6) is 2.33. The van der Waals surface area contributed by atoms with Crippen LogP contribution in [0, 0.1) is 23.2 Å². The van der Waals surface area contributed by atoms with E-state index in [4.69, 9.17) is 0 Å². The maximum Gasteiger partial charge on any atom is 0.283 e. The summed E-state index contributed by atoms with van der Waals surface area (Å²) in [6, 6.07) is 8.71. The first-order valence-corrected chi connectivity index (χ1v) is 12.7. The van der Waals surface area contributed by atoms with Crippen molar-refractivity contribution in [1.82, 2.24) is 9.78 Å². The molecule has 0 radical (unpaired) electrons. The molecule has 0 aliphatic heterocycles. The fraction of sp³-hybridized carbons (Fsp3) is 0.577. The van der Waals surface area contributed by atoms with Crippen LogP contribution in [0.3, 0.4) is 0 Å². The van der Waals surface area contributed by atoms with Crippen LogP contribution in [0.15, 0.2) is 39.7 Å². The SMILES string of the molecule is C[C@H]1[C@H](Nc2cnn(CC(=O)CC3CCc4ccccc43)c(=O)c2Br)C[C@H]2C[C@@H]1C2(C)C. The van der Waals surface area contributed by atoms with Crippen LogP contribution in [0.2, 0.25) is 0 Å². The van der Waals surface area contributed by atoms with Gasteiger partial charge in [0.05, 0.1) is 11.9 Å². The second-order valence-corrected chi connectivity index (χ2v) is 11.5. The zero-order valence-corrected chi connectivity index (χ0v) is 20.7. The number of carbonyl (C=O) groups excluding carboxylic acids is 1. The second kappa shape index (κ2) is 8.12. The van der Waals surface area contributed by atoms with Crippen molar-refractivity contribution in [1.29, 1.82) is 0 Å². The van der Waals surface area contributed by atoms with Crippen LogP contribution in [0.4, 0.5) is 5.69 Å². The van der Waals surface area contributed by atoms with Crippen LogP contribution in [0.25, 0.3) is 0 Å². The zero-order valence-electron chi connectivity index (χ0n) is 19.1. The summed E-state index contributed by atoms with van der Waals surface area (Å²) in [5, 5.41) is 7.92. The lowest BCUT2D eigenvalue weighted by molar-refractivity contribution is -0.120. The lowest BCUT2D eigenvalue weighted by Gasteiger charge is -2.62. The van der Waals surface area contributed by atoms with Crippen molar-refractivity contribution in [2.75, 3.05) is 5.32 Å². The van der Waals surface area contributed by atoms with Gasteiger partial charge in [0, 0.05) is 12.5 Å². The fourth-order valence-electron chi connectivity index (χ4n) is 6.58. The second-order valence-electron chi connectivity index (χ2n) is 10.7. The molecule has 6 rings (SSSR count). The van der Waals surface area contributed by atoms with Gasteiger partial charge >= 0.3 is 0 Å². The summed E-state index contributed by atoms with van der Waals surface area (Å²) in [7, 11) is 0. The summed E-state index contributed by atoms with van der Waals surface area (Å²) in [6.45, 7) is 7.12. The Labute approximate surface area is 198 Å². The van der Waals surface area contributed by atoms with Gasteiger partial charge in [0.2, 0.25) is 0 Å². The molecule has 3 fully saturated rings. The number of aryl methyl sites for hydroxylation is 1. The predicted octanol–water partition coefficient (Wildman–Crippen LogP) is 5.18. The van der Waals surface area contributed by atoms with E-state index >= 15 is 0 Å². The van der Waals surface area contributed by atoms with Crippen LogP contribution >= 0.6 is 15.9 Å². The molecule has 4 aliphatic carbocycles. The highest BCUT2D eigenvalue weighted by atomic mass is 79.9. The number of aromatic nitrogens is 2. The third kappa shape index (κ3) is 3.64. The number of hydrogen-bond acceptors (Lipinski definition) is 4. The van der Waals surface area contributed by atoms with Crippen molar-refractivity contribution in [3.63, 3.8) is 0 Å². The number of hydrogen-bond donors (Lipinski definition) is 1. The average Bonchev–Trinajstić information content (AvgIpc) is 3.17. The number of carbonyl (C=O) groups is 1. The molecule has 170 valence electrons. The van der Waals surface area contributed by atoms with Crippen LogP contribution in [-0.2, 0) is 17.8 Å². The van der Waals surface area contributed by atoms with Crippen molar-refractivity contribution < 1.29 is 4.79 Å². The molecule has 2 aromatic rings. The quantitative estimate of drug-likeness (QED) is 0.597. The monoisotopic (exact) mass is 497 g/mol. The molecule has 1 heterocycles. The molecule has 5 atom stereocenters. The Hall–Kier alpha value is -1.95. The highest BCUT2D eigenvalue weighted by Crippen LogP contribution is 2.61. The number of Topliss-reactive ketones (excluding diaryl/α,β-unsaturated/α-hetero) is 1. The standard InChI is InChI=1S/C26H32BrN3O2/c1-15-21-11-18(26(21,2)3)12-22(15)29-23-13-28-30(25(32)24(23)27)14-19(31)10-17-9-8-16-6-4-5-7-20(16)17/h4-7,13,15,17-18,21-22,29H,8-12,14H2,1-3H3/t15-,17?,18-,21+,22-/m1/s1. The van der Waals surface area contributed by atoms with E-state index in [2.05, 4.69) is 65.3 Å². The van der Waals surface area contributed by atoms with Gasteiger partial charge in [0.1, 0.15) is 11.0 Å². The summed E-state index contributed by atoms with van der Waals surface area (Å²) < 4.78 is 1.76. The molecule has 4 aliphatic rings. The molecule has 32 heavy (non-hydrogen) atoms. The van der Waals surface area contributed by atoms with Gasteiger partial charge in [-0.2, -0.15) is 5.10 Å². The Morgan fingerprint density at radius 3 is 2.81 bits per heavy atom.